The van der Waals surface area contributed by atoms with Crippen molar-refractivity contribution in [3.63, 3.8) is 0 Å². The third-order valence-corrected chi connectivity index (χ3v) is 4.52. The second-order valence-electron chi connectivity index (χ2n) is 7.21. The molecule has 1 aromatic rings. The molecular formula is C19H22N2O5. The molecule has 0 spiro atoms. The van der Waals surface area contributed by atoms with Crippen LogP contribution in [-0.4, -0.2) is 30.6 Å². The number of allylic oxidation sites excluding steroid dienone is 2. The van der Waals surface area contributed by atoms with Gasteiger partial charge in [-0.1, -0.05) is 13.8 Å². The quantitative estimate of drug-likeness (QED) is 0.650. The lowest BCUT2D eigenvalue weighted by molar-refractivity contribution is -0.149. The van der Waals surface area contributed by atoms with Crippen LogP contribution in [0.3, 0.4) is 0 Å². The molecule has 2 N–H and O–H groups in total. The Hall–Kier alpha value is -2.67. The van der Waals surface area contributed by atoms with Crippen molar-refractivity contribution in [2.75, 3.05) is 13.9 Å². The maximum Gasteiger partial charge on any atom is 0.342 e. The molecule has 7 nitrogen and oxygen atoms in total. The zero-order chi connectivity index (χ0) is 18.9. The molecule has 2 heterocycles. The Balaban J connectivity index is 2.11. The van der Waals surface area contributed by atoms with Gasteiger partial charge < -0.3 is 19.9 Å². The number of hydrogen-bond donors (Lipinski definition) is 1. The maximum atomic E-state index is 12.9. The predicted octanol–water partition coefficient (Wildman–Crippen LogP) is 2.16. The Bertz CT molecular complexity index is 795. The molecule has 1 aliphatic carbocycles. The molecular weight excluding hydrogens is 336 g/mol. The number of carbonyl (C=O) groups is 2. The van der Waals surface area contributed by atoms with E-state index in [9.17, 15) is 9.59 Å². The number of ketones is 1. The standard InChI is InChI=1S/C19H22N2O5/c1-19(2)8-12(22)15-13(9-19)26-17(20)16(18(23)25-10-24-3)14(15)11-4-6-21-7-5-11/h4-7,14H,8-10,20H2,1-3H3/t14-/m1/s1. The van der Waals surface area contributed by atoms with E-state index in [1.54, 1.807) is 24.5 Å². The van der Waals surface area contributed by atoms with Gasteiger partial charge in [0.1, 0.15) is 11.3 Å². The molecule has 1 atom stereocenters. The second-order valence-corrected chi connectivity index (χ2v) is 7.21. The maximum absolute atomic E-state index is 12.9. The average molecular weight is 358 g/mol. The van der Waals surface area contributed by atoms with Crippen LogP contribution in [0, 0.1) is 5.41 Å². The summed E-state index contributed by atoms with van der Waals surface area (Å²) >= 11 is 0. The van der Waals surface area contributed by atoms with E-state index in [0.717, 1.165) is 5.56 Å². The molecule has 0 amide bonds. The highest BCUT2D eigenvalue weighted by Crippen LogP contribution is 2.48. The Morgan fingerprint density at radius 1 is 1.35 bits per heavy atom. The van der Waals surface area contributed by atoms with Crippen LogP contribution in [0.4, 0.5) is 0 Å². The van der Waals surface area contributed by atoms with Gasteiger partial charge in [0.15, 0.2) is 12.6 Å². The molecule has 0 unspecified atom stereocenters. The monoisotopic (exact) mass is 358 g/mol. The van der Waals surface area contributed by atoms with Crippen LogP contribution in [0.25, 0.3) is 0 Å². The van der Waals surface area contributed by atoms with Crippen molar-refractivity contribution in [3.05, 3.63) is 52.9 Å². The first-order valence-electron chi connectivity index (χ1n) is 8.34. The van der Waals surface area contributed by atoms with Gasteiger partial charge in [-0.05, 0) is 23.1 Å². The fraction of sp³-hybridized carbons (Fsp3) is 0.421. The molecule has 0 saturated carbocycles. The highest BCUT2D eigenvalue weighted by atomic mass is 16.7. The van der Waals surface area contributed by atoms with Crippen LogP contribution in [0.5, 0.6) is 0 Å². The Morgan fingerprint density at radius 3 is 2.69 bits per heavy atom. The summed E-state index contributed by atoms with van der Waals surface area (Å²) in [6, 6.07) is 3.51. The van der Waals surface area contributed by atoms with Gasteiger partial charge in [0.2, 0.25) is 5.88 Å². The Morgan fingerprint density at radius 2 is 2.04 bits per heavy atom. The summed E-state index contributed by atoms with van der Waals surface area (Å²) in [6.45, 7) is 3.79. The normalized spacial score (nSPS) is 22.0. The minimum Gasteiger partial charge on any atom is -0.445 e. The molecule has 1 aliphatic heterocycles. The number of hydrogen-bond acceptors (Lipinski definition) is 7. The molecule has 0 fully saturated rings. The van der Waals surface area contributed by atoms with Crippen LogP contribution >= 0.6 is 0 Å². The zero-order valence-electron chi connectivity index (χ0n) is 15.1. The highest BCUT2D eigenvalue weighted by molar-refractivity contribution is 6.03. The minimum absolute atomic E-state index is 0.0443. The number of rotatable bonds is 4. The second kappa shape index (κ2) is 6.92. The van der Waals surface area contributed by atoms with E-state index in [1.807, 2.05) is 13.8 Å². The van der Waals surface area contributed by atoms with E-state index < -0.39 is 11.9 Å². The fourth-order valence-electron chi connectivity index (χ4n) is 3.46. The van der Waals surface area contributed by atoms with Gasteiger partial charge in [0.05, 0.1) is 5.92 Å². The largest absolute Gasteiger partial charge is 0.445 e. The minimum atomic E-state index is -0.671. The molecule has 0 radical (unpaired) electrons. The van der Waals surface area contributed by atoms with E-state index in [-0.39, 0.29) is 29.4 Å². The summed E-state index contributed by atoms with van der Waals surface area (Å²) in [4.78, 5) is 29.5. The highest BCUT2D eigenvalue weighted by Gasteiger charge is 2.45. The van der Waals surface area contributed by atoms with Crippen molar-refractivity contribution in [2.24, 2.45) is 11.1 Å². The Kier molecular flexibility index (Phi) is 4.82. The first-order valence-corrected chi connectivity index (χ1v) is 8.34. The molecule has 0 aromatic carbocycles. The predicted molar refractivity (Wildman–Crippen MR) is 92.3 cm³/mol. The van der Waals surface area contributed by atoms with Gasteiger partial charge in [-0.15, -0.1) is 0 Å². The van der Waals surface area contributed by atoms with Crippen LogP contribution in [0.1, 0.15) is 38.2 Å². The first kappa shape index (κ1) is 18.1. The molecule has 0 saturated heterocycles. The Labute approximate surface area is 151 Å². The third kappa shape index (κ3) is 3.35. The number of carbonyl (C=O) groups excluding carboxylic acids is 2. The van der Waals surface area contributed by atoms with E-state index >= 15 is 0 Å². The number of nitrogens with zero attached hydrogens (tertiary/aromatic N) is 1. The number of pyridine rings is 1. The number of ether oxygens (including phenoxy) is 3. The number of Topliss-reactive ketones (excluding diaryl/α,β-unsaturated/α-hetero) is 1. The van der Waals surface area contributed by atoms with E-state index in [4.69, 9.17) is 19.9 Å². The van der Waals surface area contributed by atoms with Gasteiger partial charge in [0, 0.05) is 37.9 Å². The summed E-state index contributed by atoms with van der Waals surface area (Å²) < 4.78 is 15.6. The van der Waals surface area contributed by atoms with Crippen LogP contribution in [0.15, 0.2) is 47.3 Å². The van der Waals surface area contributed by atoms with Gasteiger partial charge in [-0.2, -0.15) is 0 Å². The zero-order valence-corrected chi connectivity index (χ0v) is 15.1. The number of nitrogens with two attached hydrogens (primary N) is 1. The number of esters is 1. The lowest BCUT2D eigenvalue weighted by Gasteiger charge is -2.37. The summed E-state index contributed by atoms with van der Waals surface area (Å²) in [5.74, 6) is -0.890. The van der Waals surface area contributed by atoms with Gasteiger partial charge in [0.25, 0.3) is 0 Å². The molecule has 1 aromatic heterocycles. The van der Waals surface area contributed by atoms with Gasteiger partial charge >= 0.3 is 5.97 Å². The van der Waals surface area contributed by atoms with Crippen molar-refractivity contribution in [1.29, 1.82) is 0 Å². The molecule has 26 heavy (non-hydrogen) atoms. The smallest absolute Gasteiger partial charge is 0.342 e. The van der Waals surface area contributed by atoms with E-state index in [0.29, 0.717) is 24.2 Å². The van der Waals surface area contributed by atoms with Crippen molar-refractivity contribution in [2.45, 2.75) is 32.6 Å². The number of aromatic nitrogens is 1. The summed E-state index contributed by atoms with van der Waals surface area (Å²) in [5, 5.41) is 0. The van der Waals surface area contributed by atoms with E-state index in [1.165, 1.54) is 7.11 Å². The third-order valence-electron chi connectivity index (χ3n) is 4.52. The molecule has 2 aliphatic rings. The molecule has 138 valence electrons. The van der Waals surface area contributed by atoms with Crippen molar-refractivity contribution in [3.8, 4) is 0 Å². The van der Waals surface area contributed by atoms with E-state index in [2.05, 4.69) is 4.98 Å². The van der Waals surface area contributed by atoms with Crippen molar-refractivity contribution in [1.82, 2.24) is 4.98 Å². The summed E-state index contributed by atoms with van der Waals surface area (Å²) in [5.41, 5.74) is 7.16. The molecule has 0 bridgehead atoms. The fourth-order valence-corrected chi connectivity index (χ4v) is 3.46. The first-order chi connectivity index (χ1) is 12.3. The topological polar surface area (TPSA) is 101 Å². The van der Waals surface area contributed by atoms with Gasteiger partial charge in [-0.3, -0.25) is 9.78 Å². The van der Waals surface area contributed by atoms with Crippen molar-refractivity contribution < 1.29 is 23.8 Å². The van der Waals surface area contributed by atoms with Crippen LogP contribution < -0.4 is 5.73 Å². The summed E-state index contributed by atoms with van der Waals surface area (Å²) in [7, 11) is 1.41. The van der Waals surface area contributed by atoms with Crippen LogP contribution in [-0.2, 0) is 23.8 Å². The van der Waals surface area contributed by atoms with Crippen LogP contribution in [0.2, 0.25) is 0 Å². The lowest BCUT2D eigenvalue weighted by atomic mass is 9.70. The van der Waals surface area contributed by atoms with Gasteiger partial charge in [-0.25, -0.2) is 4.79 Å². The van der Waals surface area contributed by atoms with Crippen molar-refractivity contribution >= 4 is 11.8 Å². The summed E-state index contributed by atoms with van der Waals surface area (Å²) in [6.07, 6.45) is 4.15. The molecule has 3 rings (SSSR count). The average Bonchev–Trinajstić information content (AvgIpc) is 2.58. The SMILES string of the molecule is COCOC(=O)C1=C(N)OC2=C(C(=O)CC(C)(C)C2)[C@H]1c1ccncc1. The molecule has 7 heteroatoms. The lowest BCUT2D eigenvalue weighted by Crippen LogP contribution is -2.35. The number of methoxy groups -OCH3 is 1.